The van der Waals surface area contributed by atoms with Gasteiger partial charge in [-0.3, -0.25) is 4.79 Å². The van der Waals surface area contributed by atoms with Crippen molar-refractivity contribution in [1.82, 2.24) is 0 Å². The van der Waals surface area contributed by atoms with Gasteiger partial charge in [-0.1, -0.05) is 27.7 Å². The van der Waals surface area contributed by atoms with E-state index in [0.717, 1.165) is 25.7 Å². The Morgan fingerprint density at radius 3 is 2.33 bits per heavy atom. The zero-order valence-corrected chi connectivity index (χ0v) is 16.2. The summed E-state index contributed by atoms with van der Waals surface area (Å²) in [6.45, 7) is 8.73. The lowest BCUT2D eigenvalue weighted by molar-refractivity contribution is -0.141. The molecule has 0 amide bonds. The van der Waals surface area contributed by atoms with E-state index in [1.54, 1.807) is 11.8 Å². The summed E-state index contributed by atoms with van der Waals surface area (Å²) < 4.78 is 5.23. The molecule has 2 unspecified atom stereocenters. The molecule has 1 saturated carbocycles. The van der Waals surface area contributed by atoms with Crippen molar-refractivity contribution in [3.63, 3.8) is 0 Å². The second kappa shape index (κ2) is 7.51. The minimum atomic E-state index is -0.733. The molecule has 1 heterocycles. The van der Waals surface area contributed by atoms with Crippen molar-refractivity contribution in [2.75, 3.05) is 6.26 Å². The molecule has 2 atom stereocenters. The number of thioether (sulfide) groups is 1. The molecule has 0 radical (unpaired) electrons. The van der Waals surface area contributed by atoms with E-state index in [9.17, 15) is 14.7 Å². The van der Waals surface area contributed by atoms with Gasteiger partial charge in [0.25, 0.3) is 0 Å². The predicted octanol–water partition coefficient (Wildman–Crippen LogP) is 4.29. The first-order valence-corrected chi connectivity index (χ1v) is 10.1. The van der Waals surface area contributed by atoms with Crippen LogP contribution in [0.2, 0.25) is 0 Å². The molecule has 4 nitrogen and oxygen atoms in total. The van der Waals surface area contributed by atoms with Crippen LogP contribution in [0.5, 0.6) is 0 Å². The number of allylic oxidation sites excluding steroid dienone is 1. The minimum Gasteiger partial charge on any atom is -0.511 e. The van der Waals surface area contributed by atoms with Crippen LogP contribution >= 0.6 is 11.8 Å². The maximum Gasteiger partial charge on any atom is 0.346 e. The summed E-state index contributed by atoms with van der Waals surface area (Å²) in [6.07, 6.45) is 5.41. The molecule has 2 fully saturated rings. The van der Waals surface area contributed by atoms with Crippen molar-refractivity contribution >= 4 is 23.5 Å². The van der Waals surface area contributed by atoms with E-state index >= 15 is 0 Å². The van der Waals surface area contributed by atoms with Crippen molar-refractivity contribution in [1.29, 1.82) is 0 Å². The Balaban J connectivity index is 2.08. The van der Waals surface area contributed by atoms with Crippen molar-refractivity contribution in [2.24, 2.45) is 17.3 Å². The number of ether oxygens (including phenoxy) is 1. The standard InChI is InChI=1S/C19H30O4S/c1-11(24-5)10-14-17(21)15(18(22)23-14)16(20)12-6-8-13(9-7-12)19(2,3)4/h11-14,20H,6-10H2,1-5H3. The van der Waals surface area contributed by atoms with Crippen molar-refractivity contribution in [2.45, 2.75) is 71.2 Å². The van der Waals surface area contributed by atoms with Crippen LogP contribution in [0.1, 0.15) is 59.8 Å². The van der Waals surface area contributed by atoms with Crippen molar-refractivity contribution in [3.8, 4) is 0 Å². The highest BCUT2D eigenvalue weighted by molar-refractivity contribution is 7.99. The van der Waals surface area contributed by atoms with Gasteiger partial charge in [0, 0.05) is 17.6 Å². The highest BCUT2D eigenvalue weighted by Crippen LogP contribution is 2.42. The number of hydrogen-bond donors (Lipinski definition) is 1. The third-order valence-corrected chi connectivity index (χ3v) is 6.53. The Bertz CT molecular complexity index is 524. The van der Waals surface area contributed by atoms with E-state index in [4.69, 9.17) is 4.74 Å². The molecule has 0 aromatic carbocycles. The fourth-order valence-corrected chi connectivity index (χ4v) is 4.09. The summed E-state index contributed by atoms with van der Waals surface area (Å²) in [4.78, 5) is 24.6. The van der Waals surface area contributed by atoms with Crippen LogP contribution in [0, 0.1) is 17.3 Å². The SMILES string of the molecule is CSC(C)CC1OC(=O)C(=C(O)C2CCC(C(C)(C)C)CC2)C1=O. The van der Waals surface area contributed by atoms with Gasteiger partial charge in [0.2, 0.25) is 5.78 Å². The van der Waals surface area contributed by atoms with Crippen molar-refractivity contribution in [3.05, 3.63) is 11.3 Å². The third kappa shape index (κ3) is 4.16. The molecular formula is C19H30O4S. The number of cyclic esters (lactones) is 1. The first-order chi connectivity index (χ1) is 11.1. The Labute approximate surface area is 149 Å². The van der Waals surface area contributed by atoms with E-state index < -0.39 is 12.1 Å². The van der Waals surface area contributed by atoms with Crippen LogP contribution in [-0.4, -0.2) is 34.5 Å². The van der Waals surface area contributed by atoms with Gasteiger partial charge in [-0.05, 0) is 43.3 Å². The maximum atomic E-state index is 12.5. The van der Waals surface area contributed by atoms with Gasteiger partial charge in [-0.15, -0.1) is 0 Å². The van der Waals surface area contributed by atoms with Crippen LogP contribution in [0.15, 0.2) is 11.3 Å². The van der Waals surface area contributed by atoms with Gasteiger partial charge < -0.3 is 9.84 Å². The van der Waals surface area contributed by atoms with Gasteiger partial charge in [0.1, 0.15) is 11.3 Å². The molecule has 5 heteroatoms. The number of rotatable bonds is 4. The lowest BCUT2D eigenvalue weighted by Crippen LogP contribution is -2.27. The van der Waals surface area contributed by atoms with E-state index in [-0.39, 0.29) is 33.7 Å². The second-order valence-electron chi connectivity index (χ2n) is 8.22. The summed E-state index contributed by atoms with van der Waals surface area (Å²) >= 11 is 1.63. The van der Waals surface area contributed by atoms with Crippen LogP contribution in [0.4, 0.5) is 0 Å². The molecule has 1 saturated heterocycles. The first kappa shape index (κ1) is 19.4. The van der Waals surface area contributed by atoms with Gasteiger partial charge in [0.15, 0.2) is 6.10 Å². The van der Waals surface area contributed by atoms with Crippen molar-refractivity contribution < 1.29 is 19.4 Å². The lowest BCUT2D eigenvalue weighted by Gasteiger charge is -2.36. The Morgan fingerprint density at radius 2 is 1.83 bits per heavy atom. The number of ketones is 1. The fraction of sp³-hybridized carbons (Fsp3) is 0.789. The highest BCUT2D eigenvalue weighted by atomic mass is 32.2. The number of esters is 1. The van der Waals surface area contributed by atoms with E-state index in [2.05, 4.69) is 20.8 Å². The molecule has 2 rings (SSSR count). The van der Waals surface area contributed by atoms with Crippen LogP contribution < -0.4 is 0 Å². The minimum absolute atomic E-state index is 0.0309. The zero-order chi connectivity index (χ0) is 18.1. The third-order valence-electron chi connectivity index (χ3n) is 5.54. The number of aliphatic hydroxyl groups excluding tert-OH is 1. The summed E-state index contributed by atoms with van der Waals surface area (Å²) in [5.74, 6) is -0.485. The second-order valence-corrected chi connectivity index (χ2v) is 9.49. The summed E-state index contributed by atoms with van der Waals surface area (Å²) in [6, 6.07) is 0. The zero-order valence-electron chi connectivity index (χ0n) is 15.4. The quantitative estimate of drug-likeness (QED) is 0.353. The van der Waals surface area contributed by atoms with E-state index in [1.165, 1.54) is 0 Å². The molecule has 1 aliphatic carbocycles. The number of aliphatic hydroxyl groups is 1. The normalized spacial score (nSPS) is 31.8. The summed E-state index contributed by atoms with van der Waals surface area (Å²) in [5.41, 5.74) is 0.169. The largest absolute Gasteiger partial charge is 0.511 e. The molecule has 24 heavy (non-hydrogen) atoms. The van der Waals surface area contributed by atoms with Gasteiger partial charge in [-0.25, -0.2) is 4.79 Å². The highest BCUT2D eigenvalue weighted by Gasteiger charge is 2.43. The molecule has 0 aromatic rings. The number of hydrogen-bond acceptors (Lipinski definition) is 5. The molecule has 1 aliphatic heterocycles. The number of Topliss-reactive ketones (excluding diaryl/α,β-unsaturated/α-hetero) is 1. The van der Waals surface area contributed by atoms with E-state index in [0.29, 0.717) is 12.3 Å². The average molecular weight is 355 g/mol. The molecule has 0 bridgehead atoms. The Kier molecular flexibility index (Phi) is 6.05. The average Bonchev–Trinajstić information content (AvgIpc) is 2.80. The smallest absolute Gasteiger partial charge is 0.346 e. The maximum absolute atomic E-state index is 12.5. The predicted molar refractivity (Wildman–Crippen MR) is 97.0 cm³/mol. The summed E-state index contributed by atoms with van der Waals surface area (Å²) in [5, 5.41) is 10.8. The Morgan fingerprint density at radius 1 is 1.25 bits per heavy atom. The van der Waals surface area contributed by atoms with Gasteiger partial charge in [0.05, 0.1) is 0 Å². The number of carbonyl (C=O) groups is 2. The molecule has 0 aromatic heterocycles. The van der Waals surface area contributed by atoms with Crippen LogP contribution in [0.25, 0.3) is 0 Å². The molecule has 136 valence electrons. The van der Waals surface area contributed by atoms with Gasteiger partial charge >= 0.3 is 5.97 Å². The summed E-state index contributed by atoms with van der Waals surface area (Å²) in [7, 11) is 0. The monoisotopic (exact) mass is 354 g/mol. The van der Waals surface area contributed by atoms with Gasteiger partial charge in [-0.2, -0.15) is 11.8 Å². The molecule has 1 N–H and O–H groups in total. The van der Waals surface area contributed by atoms with Crippen LogP contribution in [-0.2, 0) is 14.3 Å². The Hall–Kier alpha value is -0.970. The van der Waals surface area contributed by atoms with E-state index in [1.807, 2.05) is 13.2 Å². The first-order valence-electron chi connectivity index (χ1n) is 8.86. The fourth-order valence-electron chi connectivity index (χ4n) is 3.72. The molecule has 0 spiro atoms. The molecule has 2 aliphatic rings. The number of carbonyl (C=O) groups excluding carboxylic acids is 2. The van der Waals surface area contributed by atoms with Crippen LogP contribution in [0.3, 0.4) is 0 Å². The lowest BCUT2D eigenvalue weighted by atomic mass is 9.69. The topological polar surface area (TPSA) is 63.6 Å². The molecular weight excluding hydrogens is 324 g/mol.